The Bertz CT molecular complexity index is 1140. The summed E-state index contributed by atoms with van der Waals surface area (Å²) in [5.41, 5.74) is 0.146. The lowest BCUT2D eigenvalue weighted by atomic mass is 9.85. The lowest BCUT2D eigenvalue weighted by molar-refractivity contribution is -0.384. The second-order valence-corrected chi connectivity index (χ2v) is 7.52. The van der Waals surface area contributed by atoms with Gasteiger partial charge in [0.25, 0.3) is 5.69 Å². The third kappa shape index (κ3) is 3.92. The molecule has 0 unspecified atom stereocenters. The van der Waals surface area contributed by atoms with Crippen LogP contribution < -0.4 is 4.90 Å². The Kier molecular flexibility index (Phi) is 5.63. The number of hydrogen-bond donors (Lipinski definition) is 0. The second-order valence-electron chi connectivity index (χ2n) is 7.52. The van der Waals surface area contributed by atoms with Gasteiger partial charge in [-0.25, -0.2) is 4.79 Å². The molecule has 0 aromatic heterocycles. The molecular formula is C23H18N2O7. The zero-order valence-corrected chi connectivity index (χ0v) is 16.8. The number of nitro benzene ring substituents is 1. The summed E-state index contributed by atoms with van der Waals surface area (Å²) in [6.45, 7) is -0.610. The van der Waals surface area contributed by atoms with Gasteiger partial charge in [0.05, 0.1) is 28.0 Å². The lowest BCUT2D eigenvalue weighted by Crippen LogP contribution is -2.31. The molecule has 1 saturated heterocycles. The third-order valence-corrected chi connectivity index (χ3v) is 5.56. The molecule has 0 radical (unpaired) electrons. The van der Waals surface area contributed by atoms with Crippen LogP contribution >= 0.6 is 0 Å². The number of Topliss-reactive ketones (excluding diaryl/α,β-unsaturated/α-hetero) is 1. The van der Waals surface area contributed by atoms with Gasteiger partial charge in [-0.05, 0) is 31.0 Å². The summed E-state index contributed by atoms with van der Waals surface area (Å²) in [6, 6.07) is 11.0. The van der Waals surface area contributed by atoms with Crippen LogP contribution in [0.25, 0.3) is 0 Å². The van der Waals surface area contributed by atoms with E-state index in [9.17, 15) is 29.3 Å². The van der Waals surface area contributed by atoms with Crippen LogP contribution in [0.1, 0.15) is 33.6 Å². The van der Waals surface area contributed by atoms with Crippen LogP contribution in [0.15, 0.2) is 60.7 Å². The summed E-state index contributed by atoms with van der Waals surface area (Å²) < 4.78 is 5.05. The first kappa shape index (κ1) is 21.1. The highest BCUT2D eigenvalue weighted by Crippen LogP contribution is 2.37. The third-order valence-electron chi connectivity index (χ3n) is 5.56. The number of benzene rings is 2. The van der Waals surface area contributed by atoms with Crippen molar-refractivity contribution in [2.75, 3.05) is 11.5 Å². The number of carbonyl (C=O) groups is 4. The number of amides is 2. The van der Waals surface area contributed by atoms with Gasteiger partial charge in [-0.2, -0.15) is 0 Å². The van der Waals surface area contributed by atoms with E-state index in [4.69, 9.17) is 4.74 Å². The fraction of sp³-hybridized carbons (Fsp3) is 0.217. The number of hydrogen-bond acceptors (Lipinski definition) is 7. The SMILES string of the molecule is O=C(COC(=O)c1cccc(N2C(=O)[C@@H]3CC=CC[C@H]3C2=O)c1)c1cccc([N+](=O)[O-])c1. The van der Waals surface area contributed by atoms with Gasteiger partial charge in [-0.1, -0.05) is 30.4 Å². The fourth-order valence-electron chi connectivity index (χ4n) is 3.92. The zero-order chi connectivity index (χ0) is 22.8. The second kappa shape index (κ2) is 8.54. The average molecular weight is 434 g/mol. The maximum atomic E-state index is 12.7. The van der Waals surface area contributed by atoms with Crippen LogP contribution in [0.5, 0.6) is 0 Å². The van der Waals surface area contributed by atoms with E-state index in [1.807, 2.05) is 12.2 Å². The minimum atomic E-state index is -0.816. The van der Waals surface area contributed by atoms with Gasteiger partial charge in [-0.15, -0.1) is 0 Å². The summed E-state index contributed by atoms with van der Waals surface area (Å²) in [5.74, 6) is -2.79. The fourth-order valence-corrected chi connectivity index (χ4v) is 3.92. The summed E-state index contributed by atoms with van der Waals surface area (Å²) in [4.78, 5) is 61.5. The maximum Gasteiger partial charge on any atom is 0.338 e. The van der Waals surface area contributed by atoms with Crippen molar-refractivity contribution in [1.29, 1.82) is 0 Å². The van der Waals surface area contributed by atoms with Crippen molar-refractivity contribution < 1.29 is 28.8 Å². The van der Waals surface area contributed by atoms with E-state index in [0.29, 0.717) is 12.8 Å². The molecule has 2 aliphatic rings. The first-order valence-corrected chi connectivity index (χ1v) is 9.94. The predicted molar refractivity (Wildman–Crippen MR) is 112 cm³/mol. The molecule has 0 bridgehead atoms. The molecule has 2 aromatic rings. The number of carbonyl (C=O) groups excluding carboxylic acids is 4. The van der Waals surface area contributed by atoms with Crippen molar-refractivity contribution in [3.8, 4) is 0 Å². The number of nitro groups is 1. The Morgan fingerprint density at radius 1 is 0.969 bits per heavy atom. The quantitative estimate of drug-likeness (QED) is 0.171. The highest BCUT2D eigenvalue weighted by molar-refractivity contribution is 6.22. The molecule has 0 spiro atoms. The number of rotatable bonds is 6. The molecule has 1 aliphatic carbocycles. The van der Waals surface area contributed by atoms with Crippen molar-refractivity contribution in [2.45, 2.75) is 12.8 Å². The van der Waals surface area contributed by atoms with Crippen molar-refractivity contribution in [2.24, 2.45) is 11.8 Å². The van der Waals surface area contributed by atoms with Gasteiger partial charge in [0.2, 0.25) is 17.6 Å². The summed E-state index contributed by atoms with van der Waals surface area (Å²) in [6.07, 6.45) is 4.80. The molecule has 1 aliphatic heterocycles. The predicted octanol–water partition coefficient (Wildman–Crippen LogP) is 3.09. The Hall–Kier alpha value is -4.14. The molecule has 9 nitrogen and oxygen atoms in total. The topological polar surface area (TPSA) is 124 Å². The summed E-state index contributed by atoms with van der Waals surface area (Å²) in [7, 11) is 0. The van der Waals surface area contributed by atoms with Gasteiger partial charge in [-0.3, -0.25) is 29.4 Å². The molecule has 2 aromatic carbocycles. The van der Waals surface area contributed by atoms with Crippen LogP contribution in [0, 0.1) is 22.0 Å². The Balaban J connectivity index is 1.46. The number of ether oxygens (including phenoxy) is 1. The van der Waals surface area contributed by atoms with Crippen LogP contribution in [0.2, 0.25) is 0 Å². The van der Waals surface area contributed by atoms with E-state index < -0.39 is 35.1 Å². The highest BCUT2D eigenvalue weighted by atomic mass is 16.6. The van der Waals surface area contributed by atoms with E-state index in [1.54, 1.807) is 6.07 Å². The van der Waals surface area contributed by atoms with Gasteiger partial charge >= 0.3 is 5.97 Å². The summed E-state index contributed by atoms with van der Waals surface area (Å²) >= 11 is 0. The van der Waals surface area contributed by atoms with Gasteiger partial charge < -0.3 is 4.74 Å². The molecule has 2 amide bonds. The molecule has 0 N–H and O–H groups in total. The molecule has 9 heteroatoms. The number of imide groups is 1. The summed E-state index contributed by atoms with van der Waals surface area (Å²) in [5, 5.41) is 10.9. The van der Waals surface area contributed by atoms with E-state index >= 15 is 0 Å². The number of anilines is 1. The van der Waals surface area contributed by atoms with Crippen molar-refractivity contribution in [3.63, 3.8) is 0 Å². The first-order chi connectivity index (χ1) is 15.4. The standard InChI is InChI=1S/C23H18N2O7/c26-20(14-5-3-8-17(11-14)25(30)31)13-32-23(29)15-6-4-7-16(12-15)24-21(27)18-9-1-2-10-19(18)22(24)28/h1-8,11-12,18-19H,9-10,13H2/t18-,19-/m1/s1. The number of fused-ring (bicyclic) bond motifs is 1. The Labute approximate surface area is 182 Å². The van der Waals surface area contributed by atoms with E-state index in [-0.39, 0.29) is 34.3 Å². The van der Waals surface area contributed by atoms with Crippen LogP contribution in [0.3, 0.4) is 0 Å². The van der Waals surface area contributed by atoms with Crippen molar-refractivity contribution in [1.82, 2.24) is 0 Å². The molecule has 1 heterocycles. The Morgan fingerprint density at radius 3 is 2.25 bits per heavy atom. The molecular weight excluding hydrogens is 416 g/mol. The number of allylic oxidation sites excluding steroid dienone is 2. The van der Waals surface area contributed by atoms with E-state index in [2.05, 4.69) is 0 Å². The first-order valence-electron chi connectivity index (χ1n) is 9.94. The monoisotopic (exact) mass is 434 g/mol. The lowest BCUT2D eigenvalue weighted by Gasteiger charge is -2.15. The van der Waals surface area contributed by atoms with Gasteiger partial charge in [0, 0.05) is 17.7 Å². The molecule has 1 fully saturated rings. The zero-order valence-electron chi connectivity index (χ0n) is 16.8. The smallest absolute Gasteiger partial charge is 0.338 e. The van der Waals surface area contributed by atoms with Crippen LogP contribution in [-0.2, 0) is 14.3 Å². The van der Waals surface area contributed by atoms with E-state index in [1.165, 1.54) is 36.4 Å². The van der Waals surface area contributed by atoms with Crippen LogP contribution in [-0.4, -0.2) is 35.1 Å². The van der Waals surface area contributed by atoms with Gasteiger partial charge in [0.15, 0.2) is 6.61 Å². The molecule has 4 rings (SSSR count). The maximum absolute atomic E-state index is 12.7. The molecule has 32 heavy (non-hydrogen) atoms. The molecule has 0 saturated carbocycles. The normalized spacial score (nSPS) is 19.6. The molecule has 2 atom stereocenters. The number of nitrogens with zero attached hydrogens (tertiary/aromatic N) is 2. The number of non-ortho nitro benzene ring substituents is 1. The highest BCUT2D eigenvalue weighted by Gasteiger charge is 2.47. The van der Waals surface area contributed by atoms with Crippen LogP contribution in [0.4, 0.5) is 11.4 Å². The van der Waals surface area contributed by atoms with E-state index in [0.717, 1.165) is 11.0 Å². The average Bonchev–Trinajstić information content (AvgIpc) is 3.07. The van der Waals surface area contributed by atoms with Crippen molar-refractivity contribution >= 4 is 34.9 Å². The van der Waals surface area contributed by atoms with Gasteiger partial charge in [0.1, 0.15) is 0 Å². The minimum absolute atomic E-state index is 0.0465. The Morgan fingerprint density at radius 2 is 1.59 bits per heavy atom. The van der Waals surface area contributed by atoms with Crippen molar-refractivity contribution in [3.05, 3.63) is 81.9 Å². The largest absolute Gasteiger partial charge is 0.454 e. The number of ketones is 1. The number of esters is 1. The minimum Gasteiger partial charge on any atom is -0.454 e. The molecule has 162 valence electrons.